The number of nitrogens with zero attached hydrogens (tertiary/aromatic N) is 4. The smallest absolute Gasteiger partial charge is 0.494 e. The van der Waals surface area contributed by atoms with Crippen LogP contribution in [0, 0.1) is 0 Å². The molecule has 0 radical (unpaired) electrons. The largest absolute Gasteiger partial charge is 0.500 e. The van der Waals surface area contributed by atoms with Crippen LogP contribution in [0.3, 0.4) is 0 Å². The highest BCUT2D eigenvalue weighted by Crippen LogP contribution is 2.32. The quantitative estimate of drug-likeness (QED) is 0.174. The molecule has 0 bridgehead atoms. The van der Waals surface area contributed by atoms with E-state index in [0.29, 0.717) is 29.0 Å². The van der Waals surface area contributed by atoms with Crippen LogP contribution < -0.4 is 14.2 Å². The van der Waals surface area contributed by atoms with E-state index in [-0.39, 0.29) is 12.3 Å². The Morgan fingerprint density at radius 3 is 2.44 bits per heavy atom. The third-order valence-corrected chi connectivity index (χ3v) is 8.67. The highest BCUT2D eigenvalue weighted by atomic mass is 32.1. The van der Waals surface area contributed by atoms with Crippen molar-refractivity contribution in [2.45, 2.75) is 31.9 Å². The maximum atomic E-state index is 12.5. The molecule has 0 amide bonds. The topological polar surface area (TPSA) is 85.8 Å². The Kier molecular flexibility index (Phi) is 10.4. The molecule has 0 saturated heterocycles. The van der Waals surface area contributed by atoms with Crippen molar-refractivity contribution in [1.29, 1.82) is 0 Å². The van der Waals surface area contributed by atoms with Crippen LogP contribution in [0.4, 0.5) is 16.5 Å². The summed E-state index contributed by atoms with van der Waals surface area (Å²) in [5.74, 6) is 0.777. The molecule has 2 rings (SSSR count). The van der Waals surface area contributed by atoms with Crippen molar-refractivity contribution in [3.05, 3.63) is 29.8 Å². The molecule has 0 aliphatic carbocycles. The summed E-state index contributed by atoms with van der Waals surface area (Å²) >= 11 is 1.43. The summed E-state index contributed by atoms with van der Waals surface area (Å²) in [6.07, 6.45) is 3.88. The van der Waals surface area contributed by atoms with Gasteiger partial charge in [0.25, 0.3) is 0 Å². The molecule has 1 aromatic heterocycles. The van der Waals surface area contributed by atoms with Gasteiger partial charge in [0.05, 0.1) is 12.2 Å². The van der Waals surface area contributed by atoms with Gasteiger partial charge in [0.15, 0.2) is 17.2 Å². The van der Waals surface area contributed by atoms with Crippen molar-refractivity contribution in [3.63, 3.8) is 0 Å². The number of ketones is 1. The molecule has 0 unspecified atom stereocenters. The zero-order valence-electron chi connectivity index (χ0n) is 19.7. The fraction of sp³-hybridized carbons (Fsp3) is 0.524. The van der Waals surface area contributed by atoms with Crippen molar-refractivity contribution < 1.29 is 27.4 Å². The molecule has 32 heavy (non-hydrogen) atoms. The number of hydrogen-bond donors (Lipinski definition) is 0. The van der Waals surface area contributed by atoms with Gasteiger partial charge in [-0.15, -0.1) is 0 Å². The number of Topliss-reactive ketones (excluding diaryl/α,β-unsaturated/α-hetero) is 1. The van der Waals surface area contributed by atoms with Gasteiger partial charge in [-0.25, -0.2) is 4.57 Å². The Morgan fingerprint density at radius 1 is 1.09 bits per heavy atom. The number of carbonyl (C=O) groups excluding carboxylic acids is 1. The number of azo groups is 1. The van der Waals surface area contributed by atoms with E-state index in [4.69, 9.17) is 18.0 Å². The van der Waals surface area contributed by atoms with Crippen molar-refractivity contribution in [2.24, 2.45) is 10.2 Å². The van der Waals surface area contributed by atoms with Gasteiger partial charge >= 0.3 is 13.9 Å². The van der Waals surface area contributed by atoms with Crippen LogP contribution >= 0.6 is 11.3 Å². The minimum Gasteiger partial charge on any atom is -0.494 e. The maximum absolute atomic E-state index is 12.5. The minimum atomic E-state index is -2.58. The Morgan fingerprint density at radius 2 is 1.81 bits per heavy atom. The van der Waals surface area contributed by atoms with Gasteiger partial charge < -0.3 is 22.9 Å². The molecule has 0 atom stereocenters. The lowest BCUT2D eigenvalue weighted by Crippen LogP contribution is -2.42. The molecule has 0 spiro atoms. The van der Waals surface area contributed by atoms with Crippen molar-refractivity contribution in [3.8, 4) is 5.75 Å². The first-order chi connectivity index (χ1) is 15.4. The fourth-order valence-corrected chi connectivity index (χ4v) is 5.58. The second-order valence-electron chi connectivity index (χ2n) is 7.31. The van der Waals surface area contributed by atoms with Crippen LogP contribution in [-0.2, 0) is 24.6 Å². The van der Waals surface area contributed by atoms with E-state index in [2.05, 4.69) is 10.2 Å². The maximum Gasteiger partial charge on any atom is 0.500 e. The van der Waals surface area contributed by atoms with E-state index < -0.39 is 8.80 Å². The number of methoxy groups -OCH3 is 1. The minimum absolute atomic E-state index is 0.136. The number of anilines is 1. The fourth-order valence-electron chi connectivity index (χ4n) is 3.11. The van der Waals surface area contributed by atoms with E-state index in [9.17, 15) is 4.79 Å². The average molecular weight is 482 g/mol. The molecule has 176 valence electrons. The number of rotatable bonds is 14. The first-order valence-electron chi connectivity index (χ1n) is 10.3. The van der Waals surface area contributed by atoms with Crippen LogP contribution in [0.5, 0.6) is 5.75 Å². The second kappa shape index (κ2) is 12.8. The third-order valence-electron chi connectivity index (χ3n) is 5.05. The SMILES string of the molecule is COc1cc(N(C)C)ccc1N=Nc1scc[n+]1CC(=O)CCCC[Si](OC)(OC)OC. The number of hydrogen-bond acceptors (Lipinski definition) is 9. The molecule has 9 nitrogen and oxygen atoms in total. The molecule has 0 fully saturated rings. The molecule has 0 N–H and O–H groups in total. The number of benzene rings is 1. The zero-order chi connectivity index (χ0) is 23.6. The molecule has 2 aromatic rings. The van der Waals surface area contributed by atoms with E-state index in [1.54, 1.807) is 28.4 Å². The first-order valence-corrected chi connectivity index (χ1v) is 13.1. The average Bonchev–Trinajstić information content (AvgIpc) is 3.24. The molecule has 11 heteroatoms. The van der Waals surface area contributed by atoms with Gasteiger partial charge in [0.1, 0.15) is 12.7 Å². The molecule has 0 saturated carbocycles. The van der Waals surface area contributed by atoms with Gasteiger partial charge in [-0.2, -0.15) is 0 Å². The van der Waals surface area contributed by atoms with Crippen LogP contribution in [0.25, 0.3) is 0 Å². The lowest BCUT2D eigenvalue weighted by Gasteiger charge is -2.24. The van der Waals surface area contributed by atoms with Gasteiger partial charge in [0, 0.05) is 65.0 Å². The van der Waals surface area contributed by atoms with Gasteiger partial charge in [-0.1, -0.05) is 0 Å². The summed E-state index contributed by atoms with van der Waals surface area (Å²) in [6, 6.07) is 6.42. The summed E-state index contributed by atoms with van der Waals surface area (Å²) in [7, 11) is 7.75. The predicted octanol–water partition coefficient (Wildman–Crippen LogP) is 4.14. The molecule has 0 aliphatic rings. The number of carbonyl (C=O) groups is 1. The summed E-state index contributed by atoms with van der Waals surface area (Å²) in [5.41, 5.74) is 1.64. The Bertz CT molecular complexity index is 894. The van der Waals surface area contributed by atoms with Gasteiger partial charge in [-0.05, 0) is 41.4 Å². The second-order valence-corrected chi connectivity index (χ2v) is 11.3. The van der Waals surface area contributed by atoms with Crippen LogP contribution in [0.15, 0.2) is 40.0 Å². The summed E-state index contributed by atoms with van der Waals surface area (Å²) in [6.45, 7) is 0.260. The van der Waals surface area contributed by atoms with Crippen molar-refractivity contribution in [1.82, 2.24) is 0 Å². The zero-order valence-corrected chi connectivity index (χ0v) is 21.5. The summed E-state index contributed by atoms with van der Waals surface area (Å²) in [4.78, 5) is 14.5. The van der Waals surface area contributed by atoms with E-state index >= 15 is 0 Å². The summed E-state index contributed by atoms with van der Waals surface area (Å²) in [5, 5.41) is 11.2. The van der Waals surface area contributed by atoms with E-state index in [1.165, 1.54) is 11.3 Å². The summed E-state index contributed by atoms with van der Waals surface area (Å²) < 4.78 is 23.5. The lowest BCUT2D eigenvalue weighted by atomic mass is 10.2. The predicted molar refractivity (Wildman–Crippen MR) is 126 cm³/mol. The number of unbranched alkanes of at least 4 members (excludes halogenated alkanes) is 1. The standard InChI is InChI=1S/C21H33N4O5SSi/c1-24(2)17-10-11-19(20(15-17)27-3)22-23-21-25(12-13-31-21)16-18(26)9-7-8-14-32(28-4,29-5)30-6/h10-13,15H,7-9,14,16H2,1-6H3/q+1. The van der Waals surface area contributed by atoms with Crippen LogP contribution in [0.1, 0.15) is 19.3 Å². The normalized spacial score (nSPS) is 11.8. The van der Waals surface area contributed by atoms with Crippen molar-refractivity contribution in [2.75, 3.05) is 47.4 Å². The van der Waals surface area contributed by atoms with Crippen LogP contribution in [0.2, 0.25) is 6.04 Å². The molecule has 0 aliphatic heterocycles. The van der Waals surface area contributed by atoms with E-state index in [0.717, 1.165) is 18.5 Å². The highest BCUT2D eigenvalue weighted by Gasteiger charge is 2.36. The monoisotopic (exact) mass is 481 g/mol. The molecule has 1 heterocycles. The highest BCUT2D eigenvalue weighted by molar-refractivity contribution is 7.12. The lowest BCUT2D eigenvalue weighted by molar-refractivity contribution is -0.667. The number of aromatic nitrogens is 1. The first kappa shape index (κ1) is 26.1. The Balaban J connectivity index is 1.94. The molecule has 1 aromatic carbocycles. The van der Waals surface area contributed by atoms with Gasteiger partial charge in [-0.3, -0.25) is 4.79 Å². The Labute approximate surface area is 195 Å². The Hall–Kier alpha value is -2.18. The van der Waals surface area contributed by atoms with E-state index in [1.807, 2.05) is 53.3 Å². The number of ether oxygens (including phenoxy) is 1. The molecular weight excluding hydrogens is 448 g/mol. The molecular formula is C21H33N4O5SSi+. The number of thiazole rings is 1. The third kappa shape index (κ3) is 7.17. The van der Waals surface area contributed by atoms with Crippen molar-refractivity contribution >= 4 is 42.4 Å². The van der Waals surface area contributed by atoms with Crippen LogP contribution in [-0.4, -0.2) is 57.1 Å². The van der Waals surface area contributed by atoms with Gasteiger partial charge in [0.2, 0.25) is 0 Å².